The normalized spacial score (nSPS) is 10.9. The number of benzene rings is 1. The highest BCUT2D eigenvalue weighted by molar-refractivity contribution is 5.83. The molecule has 1 aromatic carbocycles. The summed E-state index contributed by atoms with van der Waals surface area (Å²) in [6, 6.07) is 10.3. The molecule has 3 heterocycles. The molecule has 0 aliphatic carbocycles. The van der Waals surface area contributed by atoms with Crippen molar-refractivity contribution in [3.8, 4) is 22.7 Å². The fourth-order valence-corrected chi connectivity index (χ4v) is 2.24. The van der Waals surface area contributed by atoms with Crippen molar-refractivity contribution in [2.45, 2.75) is 0 Å². The van der Waals surface area contributed by atoms with Crippen LogP contribution in [0.25, 0.3) is 33.7 Å². The molecule has 4 rings (SSSR count). The van der Waals surface area contributed by atoms with E-state index >= 15 is 0 Å². The maximum absolute atomic E-state index is 12.4. The predicted octanol–water partition coefficient (Wildman–Crippen LogP) is 2.04. The van der Waals surface area contributed by atoms with Crippen molar-refractivity contribution in [2.24, 2.45) is 0 Å². The van der Waals surface area contributed by atoms with E-state index in [-0.39, 0.29) is 5.43 Å². The highest BCUT2D eigenvalue weighted by atomic mass is 16.3. The zero-order valence-electron chi connectivity index (χ0n) is 11.2. The minimum atomic E-state index is -0.123. The maximum atomic E-state index is 12.4. The number of hydrogen-bond acceptors (Lipinski definition) is 6. The van der Waals surface area contributed by atoms with Crippen LogP contribution in [0.1, 0.15) is 0 Å². The second-order valence-electron chi connectivity index (χ2n) is 4.67. The average Bonchev–Trinajstić information content (AvgIpc) is 3.10. The van der Waals surface area contributed by atoms with Crippen molar-refractivity contribution in [3.63, 3.8) is 0 Å². The Bertz CT molecular complexity index is 994. The molecule has 106 valence electrons. The first-order valence-corrected chi connectivity index (χ1v) is 6.54. The lowest BCUT2D eigenvalue weighted by molar-refractivity contribution is 0.619. The summed E-state index contributed by atoms with van der Waals surface area (Å²) in [6.45, 7) is 0. The highest BCUT2D eigenvalue weighted by Crippen LogP contribution is 2.24. The van der Waals surface area contributed by atoms with Crippen LogP contribution in [0.2, 0.25) is 0 Å². The molecule has 4 aromatic rings. The van der Waals surface area contributed by atoms with Gasteiger partial charge in [-0.3, -0.25) is 9.78 Å². The number of nitrogens with zero attached hydrogens (tertiary/aromatic N) is 4. The van der Waals surface area contributed by atoms with E-state index in [0.717, 1.165) is 11.1 Å². The van der Waals surface area contributed by atoms with Gasteiger partial charge in [-0.2, -0.15) is 0 Å². The van der Waals surface area contributed by atoms with E-state index in [1.807, 2.05) is 0 Å². The molecule has 0 saturated heterocycles. The van der Waals surface area contributed by atoms with Crippen LogP contribution in [0, 0.1) is 0 Å². The molecule has 7 heteroatoms. The van der Waals surface area contributed by atoms with Gasteiger partial charge in [-0.25, -0.2) is 5.10 Å². The number of rotatable bonds is 2. The van der Waals surface area contributed by atoms with Crippen molar-refractivity contribution < 1.29 is 4.42 Å². The number of hydrogen-bond donors (Lipinski definition) is 1. The quantitative estimate of drug-likeness (QED) is 0.607. The molecular weight excluding hydrogens is 282 g/mol. The van der Waals surface area contributed by atoms with Gasteiger partial charge in [0.05, 0.1) is 5.39 Å². The zero-order chi connectivity index (χ0) is 14.9. The molecule has 0 spiro atoms. The lowest BCUT2D eigenvalue weighted by Gasteiger charge is -2.04. The second-order valence-corrected chi connectivity index (χ2v) is 4.67. The van der Waals surface area contributed by atoms with Crippen molar-refractivity contribution in [1.29, 1.82) is 0 Å². The Morgan fingerprint density at radius 2 is 1.86 bits per heavy atom. The molecule has 0 aliphatic rings. The molecule has 0 bridgehead atoms. The van der Waals surface area contributed by atoms with Crippen molar-refractivity contribution in [2.75, 3.05) is 0 Å². The predicted molar refractivity (Wildman–Crippen MR) is 78.9 cm³/mol. The van der Waals surface area contributed by atoms with E-state index < -0.39 is 0 Å². The molecule has 0 radical (unpaired) electrons. The largest absolute Gasteiger partial charge is 0.456 e. The fourth-order valence-electron chi connectivity index (χ4n) is 2.24. The van der Waals surface area contributed by atoms with Crippen LogP contribution in [0.15, 0.2) is 58.0 Å². The van der Waals surface area contributed by atoms with Gasteiger partial charge in [-0.05, 0) is 40.8 Å². The van der Waals surface area contributed by atoms with E-state index in [2.05, 4.69) is 25.6 Å². The van der Waals surface area contributed by atoms with Crippen LogP contribution in [-0.4, -0.2) is 25.6 Å². The van der Waals surface area contributed by atoms with Crippen LogP contribution in [-0.2, 0) is 0 Å². The molecule has 0 amide bonds. The minimum Gasteiger partial charge on any atom is -0.456 e. The third-order valence-electron chi connectivity index (χ3n) is 3.31. The summed E-state index contributed by atoms with van der Waals surface area (Å²) in [4.78, 5) is 16.3. The Kier molecular flexibility index (Phi) is 2.75. The summed E-state index contributed by atoms with van der Waals surface area (Å²) in [7, 11) is 0. The first-order chi connectivity index (χ1) is 10.8. The van der Waals surface area contributed by atoms with E-state index in [1.54, 1.807) is 42.7 Å². The summed E-state index contributed by atoms with van der Waals surface area (Å²) in [5.41, 5.74) is 1.91. The van der Waals surface area contributed by atoms with E-state index in [9.17, 15) is 4.79 Å². The number of fused-ring (bicyclic) bond motifs is 1. The standard InChI is InChI=1S/C15H9N5O2/c21-12-8-14(9-3-5-16-6-4-9)22-13-2-1-10(7-11(12)13)15-17-19-20-18-15/h1-8H,(H,17,18,19,20). The third kappa shape index (κ3) is 2.05. The Labute approximate surface area is 123 Å². The van der Waals surface area contributed by atoms with Crippen molar-refractivity contribution >= 4 is 11.0 Å². The van der Waals surface area contributed by atoms with Gasteiger partial charge < -0.3 is 4.42 Å². The molecule has 0 atom stereocenters. The van der Waals surface area contributed by atoms with Crippen molar-refractivity contribution in [1.82, 2.24) is 25.6 Å². The summed E-state index contributed by atoms with van der Waals surface area (Å²) in [5.74, 6) is 1.01. The van der Waals surface area contributed by atoms with Gasteiger partial charge in [0.1, 0.15) is 11.3 Å². The fraction of sp³-hybridized carbons (Fsp3) is 0. The topological polar surface area (TPSA) is 97.6 Å². The van der Waals surface area contributed by atoms with E-state index in [4.69, 9.17) is 4.42 Å². The molecule has 1 N–H and O–H groups in total. The molecule has 3 aromatic heterocycles. The third-order valence-corrected chi connectivity index (χ3v) is 3.31. The molecule has 7 nitrogen and oxygen atoms in total. The van der Waals surface area contributed by atoms with Gasteiger partial charge in [0.25, 0.3) is 0 Å². The molecule has 0 unspecified atom stereocenters. The first-order valence-electron chi connectivity index (χ1n) is 6.54. The summed E-state index contributed by atoms with van der Waals surface area (Å²) >= 11 is 0. The van der Waals surface area contributed by atoms with Gasteiger partial charge in [-0.15, -0.1) is 5.10 Å². The van der Waals surface area contributed by atoms with Crippen molar-refractivity contribution in [3.05, 3.63) is 59.0 Å². The van der Waals surface area contributed by atoms with Crippen LogP contribution in [0.5, 0.6) is 0 Å². The van der Waals surface area contributed by atoms with Gasteiger partial charge in [0.15, 0.2) is 11.3 Å². The minimum absolute atomic E-state index is 0.123. The van der Waals surface area contributed by atoms with Crippen LogP contribution in [0.4, 0.5) is 0 Å². The number of aromatic amines is 1. The smallest absolute Gasteiger partial charge is 0.193 e. The second kappa shape index (κ2) is 4.88. The summed E-state index contributed by atoms with van der Waals surface area (Å²) in [6.07, 6.45) is 3.30. The number of tetrazole rings is 1. The lowest BCUT2D eigenvalue weighted by atomic mass is 10.1. The molecule has 0 aliphatic heterocycles. The summed E-state index contributed by atoms with van der Waals surface area (Å²) in [5, 5.41) is 14.0. The molecule has 0 saturated carbocycles. The van der Waals surface area contributed by atoms with Gasteiger partial charge >= 0.3 is 0 Å². The van der Waals surface area contributed by atoms with Crippen LogP contribution in [0.3, 0.4) is 0 Å². The number of nitrogens with one attached hydrogen (secondary N) is 1. The molecule has 22 heavy (non-hydrogen) atoms. The van der Waals surface area contributed by atoms with Gasteiger partial charge in [0, 0.05) is 29.6 Å². The Hall–Kier alpha value is -3.35. The summed E-state index contributed by atoms with van der Waals surface area (Å²) < 4.78 is 5.81. The van der Waals surface area contributed by atoms with Crippen LogP contribution < -0.4 is 5.43 Å². The SMILES string of the molecule is O=c1cc(-c2ccncc2)oc2ccc(-c3nnn[nH]3)cc12. The number of aromatic nitrogens is 5. The Morgan fingerprint density at radius 1 is 1.00 bits per heavy atom. The van der Waals surface area contributed by atoms with E-state index in [1.165, 1.54) is 6.07 Å². The molecule has 0 fully saturated rings. The monoisotopic (exact) mass is 291 g/mol. The zero-order valence-corrected chi connectivity index (χ0v) is 11.2. The Balaban J connectivity index is 1.90. The van der Waals surface area contributed by atoms with Crippen LogP contribution >= 0.6 is 0 Å². The van der Waals surface area contributed by atoms with Gasteiger partial charge in [-0.1, -0.05) is 0 Å². The Morgan fingerprint density at radius 3 is 2.64 bits per heavy atom. The number of H-pyrrole nitrogens is 1. The first kappa shape index (κ1) is 12.4. The maximum Gasteiger partial charge on any atom is 0.193 e. The highest BCUT2D eigenvalue weighted by Gasteiger charge is 2.09. The van der Waals surface area contributed by atoms with E-state index in [0.29, 0.717) is 22.6 Å². The number of pyridine rings is 1. The lowest BCUT2D eigenvalue weighted by Crippen LogP contribution is -2.00. The van der Waals surface area contributed by atoms with Gasteiger partial charge in [0.2, 0.25) is 0 Å². The average molecular weight is 291 g/mol. The molecular formula is C15H9N5O2.